The topological polar surface area (TPSA) is 58.6 Å². The number of carbonyl (C=O) groups is 2. The Balaban J connectivity index is 2.21. The van der Waals surface area contributed by atoms with Gasteiger partial charge in [-0.15, -0.1) is 0 Å². The van der Waals surface area contributed by atoms with Gasteiger partial charge in [0.05, 0.1) is 13.2 Å². The molecule has 0 atom stereocenters. The molecule has 0 aliphatic carbocycles. The number of ether oxygens (including phenoxy) is 1. The van der Waals surface area contributed by atoms with E-state index in [9.17, 15) is 9.59 Å². The Morgan fingerprint density at radius 2 is 2.05 bits per heavy atom. The van der Waals surface area contributed by atoms with Crippen molar-refractivity contribution in [3.8, 4) is 0 Å². The molecule has 0 heterocycles. The lowest BCUT2D eigenvalue weighted by Crippen LogP contribution is -2.35. The van der Waals surface area contributed by atoms with Crippen molar-refractivity contribution < 1.29 is 14.3 Å². The first kappa shape index (κ1) is 18.5. The number of amides is 1. The summed E-state index contributed by atoms with van der Waals surface area (Å²) >= 11 is 6.09. The fourth-order valence-corrected chi connectivity index (χ4v) is 2.16. The van der Waals surface area contributed by atoms with Crippen LogP contribution in [-0.2, 0) is 20.9 Å². The first-order valence-electron chi connectivity index (χ1n) is 7.37. The van der Waals surface area contributed by atoms with Gasteiger partial charge < -0.3 is 10.1 Å². The van der Waals surface area contributed by atoms with Crippen LogP contribution >= 0.6 is 11.6 Å². The van der Waals surface area contributed by atoms with E-state index >= 15 is 0 Å². The molecule has 0 aromatic heterocycles. The minimum Gasteiger partial charge on any atom is -0.466 e. The molecule has 0 saturated carbocycles. The van der Waals surface area contributed by atoms with Crippen molar-refractivity contribution in [1.82, 2.24) is 10.2 Å². The predicted octanol–water partition coefficient (Wildman–Crippen LogP) is 2.23. The van der Waals surface area contributed by atoms with Gasteiger partial charge in [-0.25, -0.2) is 0 Å². The van der Waals surface area contributed by atoms with E-state index in [0.717, 1.165) is 5.56 Å². The average molecular weight is 327 g/mol. The number of esters is 1. The second kappa shape index (κ2) is 10.2. The largest absolute Gasteiger partial charge is 0.466 e. The number of nitrogens with one attached hydrogen (secondary N) is 1. The zero-order chi connectivity index (χ0) is 16.4. The third kappa shape index (κ3) is 7.43. The SMILES string of the molecule is CCOC(=O)CCCNC(=O)CN(C)Cc1ccccc1Cl. The van der Waals surface area contributed by atoms with E-state index < -0.39 is 0 Å². The summed E-state index contributed by atoms with van der Waals surface area (Å²) in [6.45, 7) is 3.52. The Hall–Kier alpha value is -1.59. The van der Waals surface area contributed by atoms with Crippen LogP contribution in [0.4, 0.5) is 0 Å². The number of benzene rings is 1. The number of hydrogen-bond donors (Lipinski definition) is 1. The van der Waals surface area contributed by atoms with Crippen LogP contribution in [0.1, 0.15) is 25.3 Å². The molecule has 1 rings (SSSR count). The number of rotatable bonds is 9. The molecule has 0 unspecified atom stereocenters. The normalized spacial score (nSPS) is 10.5. The Morgan fingerprint density at radius 1 is 1.32 bits per heavy atom. The minimum absolute atomic E-state index is 0.0709. The molecule has 0 radical (unpaired) electrons. The van der Waals surface area contributed by atoms with Crippen molar-refractivity contribution in [3.05, 3.63) is 34.9 Å². The molecule has 1 aromatic rings. The molecule has 0 bridgehead atoms. The van der Waals surface area contributed by atoms with E-state index in [1.807, 2.05) is 36.2 Å². The van der Waals surface area contributed by atoms with Gasteiger partial charge in [-0.05, 0) is 32.0 Å². The van der Waals surface area contributed by atoms with Gasteiger partial charge in [0.2, 0.25) is 5.91 Å². The Morgan fingerprint density at radius 3 is 2.73 bits per heavy atom. The maximum atomic E-state index is 11.8. The van der Waals surface area contributed by atoms with Gasteiger partial charge in [-0.1, -0.05) is 29.8 Å². The maximum Gasteiger partial charge on any atom is 0.305 e. The standard InChI is InChI=1S/C16H23ClN2O3/c1-3-22-16(21)9-6-10-18-15(20)12-19(2)11-13-7-4-5-8-14(13)17/h4-5,7-8H,3,6,9-12H2,1-2H3,(H,18,20). The highest BCUT2D eigenvalue weighted by molar-refractivity contribution is 6.31. The molecule has 1 amide bonds. The average Bonchev–Trinajstić information content (AvgIpc) is 2.46. The molecular formula is C16H23ClN2O3. The first-order valence-corrected chi connectivity index (χ1v) is 7.75. The molecule has 22 heavy (non-hydrogen) atoms. The van der Waals surface area contributed by atoms with E-state index in [1.165, 1.54) is 0 Å². The second-order valence-corrected chi connectivity index (χ2v) is 5.43. The van der Waals surface area contributed by atoms with Crippen molar-refractivity contribution in [3.63, 3.8) is 0 Å². The van der Waals surface area contributed by atoms with E-state index in [4.69, 9.17) is 16.3 Å². The fourth-order valence-electron chi connectivity index (χ4n) is 1.97. The zero-order valence-electron chi connectivity index (χ0n) is 13.1. The molecule has 0 aliphatic rings. The maximum absolute atomic E-state index is 11.8. The van der Waals surface area contributed by atoms with Crippen molar-refractivity contribution in [2.45, 2.75) is 26.3 Å². The van der Waals surface area contributed by atoms with Crippen molar-refractivity contribution >= 4 is 23.5 Å². The summed E-state index contributed by atoms with van der Waals surface area (Å²) in [6, 6.07) is 7.57. The van der Waals surface area contributed by atoms with Crippen LogP contribution in [0, 0.1) is 0 Å². The predicted molar refractivity (Wildman–Crippen MR) is 86.7 cm³/mol. The number of carbonyl (C=O) groups excluding carboxylic acids is 2. The molecule has 1 N–H and O–H groups in total. The van der Waals surface area contributed by atoms with Gasteiger partial charge in [-0.3, -0.25) is 14.5 Å². The molecule has 0 saturated heterocycles. The summed E-state index contributed by atoms with van der Waals surface area (Å²) in [6.07, 6.45) is 0.905. The van der Waals surface area contributed by atoms with Crippen LogP contribution in [0.5, 0.6) is 0 Å². The molecule has 0 aliphatic heterocycles. The molecule has 5 nitrogen and oxygen atoms in total. The van der Waals surface area contributed by atoms with E-state index in [0.29, 0.717) is 37.6 Å². The van der Waals surface area contributed by atoms with E-state index in [1.54, 1.807) is 6.92 Å². The van der Waals surface area contributed by atoms with Crippen LogP contribution in [0.15, 0.2) is 24.3 Å². The quantitative estimate of drug-likeness (QED) is 0.558. The smallest absolute Gasteiger partial charge is 0.305 e. The third-order valence-electron chi connectivity index (χ3n) is 3.00. The second-order valence-electron chi connectivity index (χ2n) is 5.02. The molecule has 6 heteroatoms. The van der Waals surface area contributed by atoms with E-state index in [2.05, 4.69) is 5.32 Å². The highest BCUT2D eigenvalue weighted by Crippen LogP contribution is 2.16. The lowest BCUT2D eigenvalue weighted by atomic mass is 10.2. The monoisotopic (exact) mass is 326 g/mol. The number of halogens is 1. The van der Waals surface area contributed by atoms with E-state index in [-0.39, 0.29) is 18.4 Å². The molecule has 1 aromatic carbocycles. The van der Waals surface area contributed by atoms with Crippen LogP contribution in [0.3, 0.4) is 0 Å². The number of hydrogen-bond acceptors (Lipinski definition) is 4. The van der Waals surface area contributed by atoms with Gasteiger partial charge in [0.1, 0.15) is 0 Å². The summed E-state index contributed by atoms with van der Waals surface area (Å²) in [4.78, 5) is 24.8. The van der Waals surface area contributed by atoms with Crippen molar-refractivity contribution in [1.29, 1.82) is 0 Å². The molecule has 0 fully saturated rings. The van der Waals surface area contributed by atoms with Gasteiger partial charge in [0, 0.05) is 24.5 Å². The highest BCUT2D eigenvalue weighted by atomic mass is 35.5. The number of likely N-dealkylation sites (N-methyl/N-ethyl adjacent to an activating group) is 1. The lowest BCUT2D eigenvalue weighted by Gasteiger charge is -2.17. The van der Waals surface area contributed by atoms with Crippen LogP contribution in [-0.4, -0.2) is 43.5 Å². The molecular weight excluding hydrogens is 304 g/mol. The summed E-state index contributed by atoms with van der Waals surface area (Å²) in [5, 5.41) is 3.49. The molecule has 0 spiro atoms. The van der Waals surface area contributed by atoms with Crippen LogP contribution in [0.2, 0.25) is 5.02 Å². The molecule has 122 valence electrons. The lowest BCUT2D eigenvalue weighted by molar-refractivity contribution is -0.143. The van der Waals surface area contributed by atoms with Gasteiger partial charge in [0.15, 0.2) is 0 Å². The van der Waals surface area contributed by atoms with Gasteiger partial charge >= 0.3 is 5.97 Å². The van der Waals surface area contributed by atoms with Gasteiger partial charge in [-0.2, -0.15) is 0 Å². The van der Waals surface area contributed by atoms with Crippen LogP contribution < -0.4 is 5.32 Å². The van der Waals surface area contributed by atoms with Crippen LogP contribution in [0.25, 0.3) is 0 Å². The zero-order valence-corrected chi connectivity index (χ0v) is 13.9. The Bertz CT molecular complexity index is 494. The first-order chi connectivity index (χ1) is 10.5. The summed E-state index contributed by atoms with van der Waals surface area (Å²) in [5.41, 5.74) is 0.988. The fraction of sp³-hybridized carbons (Fsp3) is 0.500. The summed E-state index contributed by atoms with van der Waals surface area (Å²) in [5.74, 6) is -0.300. The summed E-state index contributed by atoms with van der Waals surface area (Å²) in [7, 11) is 1.86. The highest BCUT2D eigenvalue weighted by Gasteiger charge is 2.09. The van der Waals surface area contributed by atoms with Crippen molar-refractivity contribution in [2.75, 3.05) is 26.7 Å². The third-order valence-corrected chi connectivity index (χ3v) is 3.37. The number of nitrogens with zero attached hydrogens (tertiary/aromatic N) is 1. The Labute approximate surface area is 136 Å². The Kier molecular flexibility index (Phi) is 8.55. The summed E-state index contributed by atoms with van der Waals surface area (Å²) < 4.78 is 4.82. The van der Waals surface area contributed by atoms with Gasteiger partial charge in [0.25, 0.3) is 0 Å². The van der Waals surface area contributed by atoms with Crippen molar-refractivity contribution in [2.24, 2.45) is 0 Å². The minimum atomic E-state index is -0.229.